The van der Waals surface area contributed by atoms with E-state index in [1.165, 1.54) is 20.4 Å². The van der Waals surface area contributed by atoms with Crippen molar-refractivity contribution in [3.63, 3.8) is 0 Å². The van der Waals surface area contributed by atoms with Crippen LogP contribution in [0.25, 0.3) is 11.1 Å². The fraction of sp³-hybridized carbons (Fsp3) is 0.300. The Balaban J connectivity index is 1.75. The maximum absolute atomic E-state index is 13.0. The van der Waals surface area contributed by atoms with Crippen LogP contribution in [0.3, 0.4) is 0 Å². The zero-order chi connectivity index (χ0) is 22.1. The van der Waals surface area contributed by atoms with E-state index in [2.05, 4.69) is 20.5 Å². The highest BCUT2D eigenvalue weighted by Gasteiger charge is 2.31. The summed E-state index contributed by atoms with van der Waals surface area (Å²) in [6.07, 6.45) is 3.34. The van der Waals surface area contributed by atoms with Gasteiger partial charge in [0.2, 0.25) is 5.13 Å². The Bertz CT molecular complexity index is 1180. The highest BCUT2D eigenvalue weighted by Crippen LogP contribution is 2.41. The number of benzene rings is 1. The molecule has 0 radical (unpaired) electrons. The van der Waals surface area contributed by atoms with E-state index in [1.54, 1.807) is 18.2 Å². The van der Waals surface area contributed by atoms with Gasteiger partial charge in [-0.25, -0.2) is 0 Å². The summed E-state index contributed by atoms with van der Waals surface area (Å²) in [6.45, 7) is 1.82. The number of ether oxygens (including phenoxy) is 2. The second-order valence-corrected chi connectivity index (χ2v) is 9.93. The summed E-state index contributed by atoms with van der Waals surface area (Å²) in [7, 11) is 1.82. The van der Waals surface area contributed by atoms with Gasteiger partial charge in [0.25, 0.3) is 11.1 Å². The third-order valence-electron chi connectivity index (χ3n) is 4.67. The Morgan fingerprint density at radius 3 is 2.61 bits per heavy atom. The molecule has 31 heavy (non-hydrogen) atoms. The summed E-state index contributed by atoms with van der Waals surface area (Å²) in [5.41, 5.74) is 2.22. The van der Waals surface area contributed by atoms with Gasteiger partial charge in [-0.15, -0.1) is 5.10 Å². The van der Waals surface area contributed by atoms with Crippen molar-refractivity contribution >= 4 is 44.8 Å². The van der Waals surface area contributed by atoms with Crippen LogP contribution in [0.1, 0.15) is 28.9 Å². The summed E-state index contributed by atoms with van der Waals surface area (Å²) in [4.78, 5) is 17.8. The second-order valence-electron chi connectivity index (χ2n) is 6.88. The maximum atomic E-state index is 13.0. The first-order valence-electron chi connectivity index (χ1n) is 9.35. The van der Waals surface area contributed by atoms with Crippen LogP contribution < -0.4 is 14.8 Å². The Hall–Kier alpha value is -2.56. The lowest BCUT2D eigenvalue weighted by molar-refractivity contribution is 0.102. The number of anilines is 1. The monoisotopic (exact) mass is 478 g/mol. The molecule has 2 heterocycles. The number of pyridine rings is 1. The van der Waals surface area contributed by atoms with E-state index in [-0.39, 0.29) is 5.25 Å². The third kappa shape index (κ3) is 4.56. The molecule has 8 nitrogen and oxygen atoms in total. The smallest absolute Gasteiger partial charge is 0.295 e. The molecule has 2 aromatic heterocycles. The van der Waals surface area contributed by atoms with Gasteiger partial charge in [-0.1, -0.05) is 16.7 Å². The van der Waals surface area contributed by atoms with Crippen molar-refractivity contribution in [2.45, 2.75) is 29.9 Å². The van der Waals surface area contributed by atoms with Crippen molar-refractivity contribution in [2.24, 2.45) is 0 Å². The van der Waals surface area contributed by atoms with Crippen LogP contribution in [0.2, 0.25) is 5.02 Å². The number of halogens is 1. The van der Waals surface area contributed by atoms with E-state index >= 15 is 0 Å². The van der Waals surface area contributed by atoms with Crippen molar-refractivity contribution in [1.82, 2.24) is 15.2 Å². The molecule has 162 valence electrons. The fourth-order valence-electron chi connectivity index (χ4n) is 3.00. The Morgan fingerprint density at radius 1 is 1.19 bits per heavy atom. The first-order chi connectivity index (χ1) is 14.9. The highest BCUT2D eigenvalue weighted by atomic mass is 35.5. The van der Waals surface area contributed by atoms with Gasteiger partial charge in [-0.3, -0.25) is 19.3 Å². The van der Waals surface area contributed by atoms with Gasteiger partial charge in [-0.05, 0) is 49.3 Å². The van der Waals surface area contributed by atoms with Gasteiger partial charge in [0, 0.05) is 28.3 Å². The van der Waals surface area contributed by atoms with Crippen LogP contribution in [-0.4, -0.2) is 44.8 Å². The number of aryl methyl sites for hydroxylation is 1. The molecule has 1 aliphatic rings. The Labute approximate surface area is 190 Å². The number of nitrogens with one attached hydrogen (secondary N) is 1. The number of aromatic nitrogens is 3. The molecular formula is C20H19ClN4O4S2. The van der Waals surface area contributed by atoms with E-state index in [9.17, 15) is 9.00 Å². The van der Waals surface area contributed by atoms with Gasteiger partial charge in [-0.2, -0.15) is 0 Å². The molecule has 1 amide bonds. The number of methoxy groups -OCH3 is 2. The van der Waals surface area contributed by atoms with Crippen molar-refractivity contribution in [2.75, 3.05) is 19.5 Å². The minimum atomic E-state index is -1.19. The van der Waals surface area contributed by atoms with Gasteiger partial charge in [0.05, 0.1) is 40.5 Å². The lowest BCUT2D eigenvalue weighted by Crippen LogP contribution is -2.14. The largest absolute Gasteiger partial charge is 0.496 e. The molecule has 1 N–H and O–H groups in total. The molecular weight excluding hydrogens is 460 g/mol. The number of nitrogens with zero attached hydrogens (tertiary/aromatic N) is 3. The lowest BCUT2D eigenvalue weighted by atomic mass is 9.99. The van der Waals surface area contributed by atoms with E-state index in [4.69, 9.17) is 21.1 Å². The zero-order valence-corrected chi connectivity index (χ0v) is 19.4. The van der Waals surface area contributed by atoms with E-state index < -0.39 is 16.7 Å². The molecule has 3 aromatic rings. The molecule has 1 aliphatic carbocycles. The molecule has 1 saturated carbocycles. The number of amides is 1. The average molecular weight is 479 g/mol. The molecule has 0 aliphatic heterocycles. The van der Waals surface area contributed by atoms with Crippen LogP contribution in [0.15, 0.2) is 29.3 Å². The van der Waals surface area contributed by atoms with Crippen molar-refractivity contribution < 1.29 is 18.5 Å². The summed E-state index contributed by atoms with van der Waals surface area (Å²) >= 11 is 7.61. The molecule has 1 fully saturated rings. The predicted octanol–water partition coefficient (Wildman–Crippen LogP) is 4.10. The first kappa shape index (κ1) is 21.7. The molecule has 1 unspecified atom stereocenters. The molecule has 1 aromatic carbocycles. The van der Waals surface area contributed by atoms with Crippen LogP contribution in [0.4, 0.5) is 5.13 Å². The minimum absolute atomic E-state index is 0.140. The lowest BCUT2D eigenvalue weighted by Gasteiger charge is -2.15. The van der Waals surface area contributed by atoms with Crippen molar-refractivity contribution in [1.29, 1.82) is 0 Å². The number of hydrogen-bond acceptors (Lipinski definition) is 8. The van der Waals surface area contributed by atoms with Gasteiger partial charge in [0.1, 0.15) is 5.75 Å². The summed E-state index contributed by atoms with van der Waals surface area (Å²) in [5, 5.41) is 11.6. The van der Waals surface area contributed by atoms with Crippen molar-refractivity contribution in [3.8, 4) is 22.1 Å². The minimum Gasteiger partial charge on any atom is -0.496 e. The van der Waals surface area contributed by atoms with E-state index in [0.29, 0.717) is 48.4 Å². The quantitative estimate of drug-likeness (QED) is 0.545. The van der Waals surface area contributed by atoms with Crippen molar-refractivity contribution in [3.05, 3.63) is 40.7 Å². The van der Waals surface area contributed by atoms with E-state index in [0.717, 1.165) is 24.2 Å². The molecule has 0 spiro atoms. The van der Waals surface area contributed by atoms with Crippen LogP contribution >= 0.6 is 22.9 Å². The summed E-state index contributed by atoms with van der Waals surface area (Å²) < 4.78 is 23.3. The first-order valence-corrected chi connectivity index (χ1v) is 11.8. The summed E-state index contributed by atoms with van der Waals surface area (Å²) in [5.74, 6) is 0.0655. The molecule has 0 saturated heterocycles. The number of carbonyl (C=O) groups excluding carboxylic acids is 1. The molecule has 0 bridgehead atoms. The van der Waals surface area contributed by atoms with Gasteiger partial charge in [0.15, 0.2) is 0 Å². The second kappa shape index (κ2) is 8.89. The number of rotatable bonds is 7. The number of carbonyl (C=O) groups is 1. The molecule has 4 rings (SSSR count). The fourth-order valence-corrected chi connectivity index (χ4v) is 5.35. The van der Waals surface area contributed by atoms with Crippen LogP contribution in [0.5, 0.6) is 10.9 Å². The number of hydrogen-bond donors (Lipinski definition) is 1. The third-order valence-corrected chi connectivity index (χ3v) is 7.75. The van der Waals surface area contributed by atoms with Gasteiger partial charge >= 0.3 is 0 Å². The predicted molar refractivity (Wildman–Crippen MR) is 120 cm³/mol. The van der Waals surface area contributed by atoms with Crippen LogP contribution in [-0.2, 0) is 10.8 Å². The molecule has 1 atom stereocenters. The van der Waals surface area contributed by atoms with Crippen LogP contribution in [0, 0.1) is 6.92 Å². The zero-order valence-electron chi connectivity index (χ0n) is 17.0. The topological polar surface area (TPSA) is 103 Å². The Morgan fingerprint density at radius 2 is 1.97 bits per heavy atom. The van der Waals surface area contributed by atoms with E-state index in [1.807, 2.05) is 6.92 Å². The SMILES string of the molecule is COc1nnc(NC(=O)c2cnc(C)cc2-c2cc(Cl)c(S(=O)C3CC3)cc2OC)s1. The standard InChI is InChI=1S/C20H19ClN4O4S2/c1-10-6-12(14(9-22-10)18(26)23-19-24-25-20(29-3)30-19)13-7-15(21)17(8-16(13)28-2)31(27)11-4-5-11/h6-9,11H,4-5H2,1-3H3,(H,23,24,26). The maximum Gasteiger partial charge on any atom is 0.295 e. The highest BCUT2D eigenvalue weighted by molar-refractivity contribution is 7.86. The normalized spacial score (nSPS) is 14.2. The average Bonchev–Trinajstić information content (AvgIpc) is 3.52. The summed E-state index contributed by atoms with van der Waals surface area (Å²) in [6, 6.07) is 5.16. The Kier molecular flexibility index (Phi) is 6.22. The van der Waals surface area contributed by atoms with Gasteiger partial charge < -0.3 is 9.47 Å². The molecule has 11 heteroatoms.